The second kappa shape index (κ2) is 6.89. The van der Waals surface area contributed by atoms with Crippen LogP contribution in [0.25, 0.3) is 0 Å². The van der Waals surface area contributed by atoms with Crippen molar-refractivity contribution in [2.75, 3.05) is 0 Å². The van der Waals surface area contributed by atoms with Crippen LogP contribution in [0.2, 0.25) is 5.02 Å². The van der Waals surface area contributed by atoms with Gasteiger partial charge in [0.15, 0.2) is 0 Å². The fourth-order valence-corrected chi connectivity index (χ4v) is 2.09. The van der Waals surface area contributed by atoms with Gasteiger partial charge >= 0.3 is 5.69 Å². The van der Waals surface area contributed by atoms with Crippen molar-refractivity contribution < 1.29 is 14.8 Å². The van der Waals surface area contributed by atoms with Crippen LogP contribution < -0.4 is 5.43 Å². The zero-order valence-electron chi connectivity index (χ0n) is 12.0. The third-order valence-electron chi connectivity index (χ3n) is 3.04. The number of hydrazone groups is 1. The van der Waals surface area contributed by atoms with E-state index in [1.54, 1.807) is 18.2 Å². The Bertz CT molecular complexity index is 805. The van der Waals surface area contributed by atoms with E-state index in [9.17, 15) is 20.0 Å². The van der Waals surface area contributed by atoms with Gasteiger partial charge in [-0.05, 0) is 25.1 Å². The number of para-hydroxylation sites is 1. The van der Waals surface area contributed by atoms with Crippen molar-refractivity contribution in [1.82, 2.24) is 5.43 Å². The van der Waals surface area contributed by atoms with E-state index in [-0.39, 0.29) is 21.9 Å². The van der Waals surface area contributed by atoms with Crippen molar-refractivity contribution >= 4 is 28.9 Å². The van der Waals surface area contributed by atoms with Gasteiger partial charge in [0.1, 0.15) is 0 Å². The van der Waals surface area contributed by atoms with E-state index in [2.05, 4.69) is 10.5 Å². The third kappa shape index (κ3) is 3.64. The predicted molar refractivity (Wildman–Crippen MR) is 85.9 cm³/mol. The molecule has 2 aromatic carbocycles. The molecule has 0 atom stereocenters. The molecule has 0 unspecified atom stereocenters. The van der Waals surface area contributed by atoms with E-state index < -0.39 is 22.3 Å². The lowest BCUT2D eigenvalue weighted by Gasteiger charge is -2.06. The Morgan fingerprint density at radius 3 is 2.52 bits per heavy atom. The minimum Gasteiger partial charge on any atom is -0.502 e. The summed E-state index contributed by atoms with van der Waals surface area (Å²) >= 11 is 5.91. The molecular weight excluding hydrogens is 322 g/mol. The number of nitrogens with zero attached hydrogens (tertiary/aromatic N) is 2. The highest BCUT2D eigenvalue weighted by Crippen LogP contribution is 2.29. The molecule has 0 fully saturated rings. The van der Waals surface area contributed by atoms with Crippen LogP contribution in [-0.2, 0) is 0 Å². The molecule has 0 saturated heterocycles. The lowest BCUT2D eigenvalue weighted by atomic mass is 10.1. The molecule has 0 aliphatic heterocycles. The number of amides is 1. The molecule has 118 valence electrons. The fraction of sp³-hybridized carbons (Fsp3) is 0.0667. The molecule has 1 amide bonds. The van der Waals surface area contributed by atoms with Gasteiger partial charge in [-0.25, -0.2) is 5.43 Å². The molecule has 0 aliphatic carbocycles. The maximum absolute atomic E-state index is 12.0. The largest absolute Gasteiger partial charge is 0.502 e. The van der Waals surface area contributed by atoms with Crippen molar-refractivity contribution in [3.8, 4) is 5.75 Å². The first kappa shape index (κ1) is 16.4. The van der Waals surface area contributed by atoms with Crippen LogP contribution in [0.1, 0.15) is 22.8 Å². The molecule has 0 bridgehead atoms. The van der Waals surface area contributed by atoms with Crippen LogP contribution in [0, 0.1) is 10.1 Å². The minimum absolute atomic E-state index is 0.152. The first-order valence-corrected chi connectivity index (χ1v) is 6.85. The molecule has 0 radical (unpaired) electrons. The van der Waals surface area contributed by atoms with Gasteiger partial charge in [0.2, 0.25) is 5.75 Å². The van der Waals surface area contributed by atoms with E-state index >= 15 is 0 Å². The molecule has 8 heteroatoms. The van der Waals surface area contributed by atoms with Crippen LogP contribution in [0.3, 0.4) is 0 Å². The number of benzene rings is 2. The maximum atomic E-state index is 12.0. The molecular formula is C15H12ClN3O4. The maximum Gasteiger partial charge on any atom is 0.311 e. The van der Waals surface area contributed by atoms with E-state index in [1.165, 1.54) is 31.2 Å². The third-order valence-corrected chi connectivity index (χ3v) is 3.37. The minimum atomic E-state index is -0.700. The van der Waals surface area contributed by atoms with Crippen LogP contribution in [0.15, 0.2) is 47.6 Å². The summed E-state index contributed by atoms with van der Waals surface area (Å²) in [4.78, 5) is 22.1. The Labute approximate surface area is 136 Å². The van der Waals surface area contributed by atoms with Gasteiger partial charge in [0.05, 0.1) is 21.2 Å². The van der Waals surface area contributed by atoms with Gasteiger partial charge in [-0.15, -0.1) is 0 Å². The Morgan fingerprint density at radius 2 is 1.87 bits per heavy atom. The number of halogens is 1. The Kier molecular flexibility index (Phi) is 4.92. The fourth-order valence-electron chi connectivity index (χ4n) is 1.87. The SMILES string of the molecule is CC(=NNC(=O)c1ccccc1Cl)c1cccc([N+](=O)[O-])c1O. The lowest BCUT2D eigenvalue weighted by Crippen LogP contribution is -2.19. The normalized spacial score (nSPS) is 11.1. The number of phenols is 1. The molecule has 23 heavy (non-hydrogen) atoms. The van der Waals surface area contributed by atoms with E-state index in [0.29, 0.717) is 0 Å². The number of carbonyl (C=O) groups is 1. The molecule has 7 nitrogen and oxygen atoms in total. The summed E-state index contributed by atoms with van der Waals surface area (Å²) in [6.07, 6.45) is 0. The molecule has 2 aromatic rings. The molecule has 0 aromatic heterocycles. The number of rotatable bonds is 4. The zero-order chi connectivity index (χ0) is 17.0. The molecule has 2 rings (SSSR count). The van der Waals surface area contributed by atoms with E-state index in [0.717, 1.165) is 0 Å². The van der Waals surface area contributed by atoms with Crippen LogP contribution in [-0.4, -0.2) is 21.6 Å². The zero-order valence-corrected chi connectivity index (χ0v) is 12.7. The van der Waals surface area contributed by atoms with E-state index in [1.807, 2.05) is 0 Å². The van der Waals surface area contributed by atoms with Gasteiger partial charge in [-0.3, -0.25) is 14.9 Å². The van der Waals surface area contributed by atoms with Gasteiger partial charge in [-0.2, -0.15) is 5.10 Å². The molecule has 0 heterocycles. The van der Waals surface area contributed by atoms with Crippen LogP contribution in [0.5, 0.6) is 5.75 Å². The van der Waals surface area contributed by atoms with Gasteiger partial charge in [0, 0.05) is 11.6 Å². The van der Waals surface area contributed by atoms with Crippen molar-refractivity contribution in [2.45, 2.75) is 6.92 Å². The second-order valence-electron chi connectivity index (χ2n) is 4.55. The summed E-state index contributed by atoms with van der Waals surface area (Å²) in [6, 6.07) is 10.5. The van der Waals surface area contributed by atoms with Crippen molar-refractivity contribution in [3.05, 3.63) is 68.7 Å². The number of nitro benzene ring substituents is 1. The number of nitrogens with one attached hydrogen (secondary N) is 1. The number of aromatic hydroxyl groups is 1. The quantitative estimate of drug-likeness (QED) is 0.509. The van der Waals surface area contributed by atoms with Crippen molar-refractivity contribution in [1.29, 1.82) is 0 Å². The summed E-state index contributed by atoms with van der Waals surface area (Å²) in [5, 5.41) is 24.8. The monoisotopic (exact) mass is 333 g/mol. The number of phenolic OH excluding ortho intramolecular Hbond substituents is 1. The number of hydrogen-bond donors (Lipinski definition) is 2. The average Bonchev–Trinajstić information content (AvgIpc) is 2.52. The molecule has 0 saturated carbocycles. The van der Waals surface area contributed by atoms with Gasteiger partial charge < -0.3 is 5.11 Å². The first-order chi connectivity index (χ1) is 10.9. The van der Waals surface area contributed by atoms with E-state index in [4.69, 9.17) is 11.6 Å². The molecule has 0 spiro atoms. The summed E-state index contributed by atoms with van der Waals surface area (Å²) in [6.45, 7) is 1.51. The highest BCUT2D eigenvalue weighted by atomic mass is 35.5. The van der Waals surface area contributed by atoms with Gasteiger partial charge in [-0.1, -0.05) is 29.8 Å². The summed E-state index contributed by atoms with van der Waals surface area (Å²) in [5.74, 6) is -1.04. The number of carbonyl (C=O) groups excluding carboxylic acids is 1. The predicted octanol–water partition coefficient (Wildman–Crippen LogP) is 3.11. The standard InChI is InChI=1S/C15H12ClN3O4/c1-9(10-6-4-8-13(14(10)20)19(22)23)17-18-15(21)11-5-2-3-7-12(11)16/h2-8,20H,1H3,(H,18,21). The van der Waals surface area contributed by atoms with Crippen LogP contribution in [0.4, 0.5) is 5.69 Å². The Balaban J connectivity index is 2.24. The number of hydrogen-bond acceptors (Lipinski definition) is 5. The topological polar surface area (TPSA) is 105 Å². The van der Waals surface area contributed by atoms with Crippen molar-refractivity contribution in [3.63, 3.8) is 0 Å². The second-order valence-corrected chi connectivity index (χ2v) is 4.96. The summed E-state index contributed by atoms with van der Waals surface area (Å²) < 4.78 is 0. The average molecular weight is 334 g/mol. The smallest absolute Gasteiger partial charge is 0.311 e. The lowest BCUT2D eigenvalue weighted by molar-refractivity contribution is -0.385. The first-order valence-electron chi connectivity index (χ1n) is 6.47. The summed E-state index contributed by atoms with van der Waals surface area (Å²) in [7, 11) is 0. The molecule has 2 N–H and O–H groups in total. The number of nitro groups is 1. The Morgan fingerprint density at radius 1 is 1.22 bits per heavy atom. The highest BCUT2D eigenvalue weighted by molar-refractivity contribution is 6.33. The van der Waals surface area contributed by atoms with Crippen molar-refractivity contribution in [2.24, 2.45) is 5.10 Å². The van der Waals surface area contributed by atoms with Crippen LogP contribution >= 0.6 is 11.6 Å². The summed E-state index contributed by atoms with van der Waals surface area (Å²) in [5.41, 5.74) is 2.47. The highest BCUT2D eigenvalue weighted by Gasteiger charge is 2.18. The Hall–Kier alpha value is -2.93. The molecule has 0 aliphatic rings. The van der Waals surface area contributed by atoms with Gasteiger partial charge in [0.25, 0.3) is 5.91 Å².